The van der Waals surface area contributed by atoms with Crippen LogP contribution in [0.15, 0.2) is 4.34 Å². The van der Waals surface area contributed by atoms with E-state index in [9.17, 15) is 4.79 Å². The molecule has 2 heterocycles. The number of amides is 1. The molecule has 82 valence electrons. The Balaban J connectivity index is 2.12. The number of hydrogen-bond donors (Lipinski definition) is 0. The van der Waals surface area contributed by atoms with E-state index in [2.05, 4.69) is 33.1 Å². The van der Waals surface area contributed by atoms with Crippen LogP contribution >= 0.6 is 39.0 Å². The number of alkyl halides is 1. The monoisotopic (exact) mass is 307 g/mol. The van der Waals surface area contributed by atoms with E-state index in [0.717, 1.165) is 15.2 Å². The van der Waals surface area contributed by atoms with Crippen molar-refractivity contribution in [3.63, 3.8) is 0 Å². The zero-order chi connectivity index (χ0) is 10.8. The van der Waals surface area contributed by atoms with Crippen LogP contribution in [-0.4, -0.2) is 33.2 Å². The number of carbonyl (C=O) groups excluding carboxylic acids is 1. The second-order valence-corrected chi connectivity index (χ2v) is 6.85. The lowest BCUT2D eigenvalue weighted by Crippen LogP contribution is -2.24. The van der Waals surface area contributed by atoms with Crippen molar-refractivity contribution >= 4 is 50.1 Å². The van der Waals surface area contributed by atoms with Gasteiger partial charge in [0.05, 0.1) is 0 Å². The fourth-order valence-corrected chi connectivity index (χ4v) is 3.67. The minimum Gasteiger partial charge on any atom is -0.285 e. The molecule has 1 aromatic heterocycles. The molecule has 1 atom stereocenters. The summed E-state index contributed by atoms with van der Waals surface area (Å²) in [7, 11) is 0. The van der Waals surface area contributed by atoms with Crippen LogP contribution in [0, 0.1) is 0 Å². The van der Waals surface area contributed by atoms with Crippen LogP contribution in [0.4, 0.5) is 5.13 Å². The third kappa shape index (κ3) is 2.51. The highest BCUT2D eigenvalue weighted by Gasteiger charge is 2.31. The number of nitrogens with zero attached hydrogens (tertiary/aromatic N) is 3. The predicted molar refractivity (Wildman–Crippen MR) is 66.0 cm³/mol. The maximum Gasteiger partial charge on any atom is 0.230 e. The number of anilines is 1. The quantitative estimate of drug-likeness (QED) is 0.488. The van der Waals surface area contributed by atoms with Gasteiger partial charge < -0.3 is 0 Å². The molecule has 1 fully saturated rings. The van der Waals surface area contributed by atoms with Crippen molar-refractivity contribution in [1.29, 1.82) is 0 Å². The van der Waals surface area contributed by atoms with Crippen molar-refractivity contribution in [2.24, 2.45) is 0 Å². The molecule has 0 aliphatic carbocycles. The zero-order valence-electron chi connectivity index (χ0n) is 8.14. The van der Waals surface area contributed by atoms with Gasteiger partial charge in [-0.25, -0.2) is 0 Å². The number of carbonyl (C=O) groups is 1. The molecule has 4 nitrogen and oxygen atoms in total. The standard InChI is InChI=1S/C8H10BrN3OS2/c1-2-14-8-11-10-7(15-8)12-4-5(9)3-6(12)13/h5H,2-4H2,1H3. The van der Waals surface area contributed by atoms with Crippen LogP contribution in [0.1, 0.15) is 13.3 Å². The Kier molecular flexibility index (Phi) is 3.63. The number of halogens is 1. The summed E-state index contributed by atoms with van der Waals surface area (Å²) in [6, 6.07) is 0. The van der Waals surface area contributed by atoms with Gasteiger partial charge in [0.1, 0.15) is 0 Å². The van der Waals surface area contributed by atoms with E-state index < -0.39 is 0 Å². The predicted octanol–water partition coefficient (Wildman–Crippen LogP) is 2.15. The molecule has 7 heteroatoms. The van der Waals surface area contributed by atoms with Gasteiger partial charge in [0.25, 0.3) is 0 Å². The van der Waals surface area contributed by atoms with E-state index in [-0.39, 0.29) is 10.7 Å². The summed E-state index contributed by atoms with van der Waals surface area (Å²) in [4.78, 5) is 13.5. The molecule has 0 radical (unpaired) electrons. The molecule has 0 bridgehead atoms. The Labute approximate surface area is 105 Å². The van der Waals surface area contributed by atoms with Gasteiger partial charge in [0.2, 0.25) is 11.0 Å². The van der Waals surface area contributed by atoms with Crippen LogP contribution in [0.25, 0.3) is 0 Å². The van der Waals surface area contributed by atoms with E-state index >= 15 is 0 Å². The van der Waals surface area contributed by atoms with Crippen LogP contribution in [0.2, 0.25) is 0 Å². The summed E-state index contributed by atoms with van der Waals surface area (Å²) < 4.78 is 0.929. The molecule has 1 saturated heterocycles. The van der Waals surface area contributed by atoms with Gasteiger partial charge >= 0.3 is 0 Å². The van der Waals surface area contributed by atoms with E-state index in [1.54, 1.807) is 16.7 Å². The van der Waals surface area contributed by atoms with Gasteiger partial charge in [0, 0.05) is 17.8 Å². The summed E-state index contributed by atoms with van der Waals surface area (Å²) in [6.45, 7) is 2.77. The first-order valence-corrected chi connectivity index (χ1v) is 7.33. The second kappa shape index (κ2) is 4.80. The molecule has 0 spiro atoms. The first kappa shape index (κ1) is 11.3. The molecule has 2 rings (SSSR count). The average Bonchev–Trinajstić information content (AvgIpc) is 2.73. The van der Waals surface area contributed by atoms with Gasteiger partial charge in [-0.2, -0.15) is 0 Å². The summed E-state index contributed by atoms with van der Waals surface area (Å²) in [6.07, 6.45) is 0.551. The average molecular weight is 308 g/mol. The summed E-state index contributed by atoms with van der Waals surface area (Å²) in [5.74, 6) is 1.10. The molecule has 0 aromatic carbocycles. The molecule has 1 aliphatic heterocycles. The lowest BCUT2D eigenvalue weighted by atomic mass is 10.4. The summed E-state index contributed by atoms with van der Waals surface area (Å²) >= 11 is 6.58. The Hall–Kier alpha value is -0.140. The fraction of sp³-hybridized carbons (Fsp3) is 0.625. The molecule has 1 amide bonds. The molecule has 1 aromatic rings. The Morgan fingerprint density at radius 3 is 3.07 bits per heavy atom. The van der Waals surface area contributed by atoms with E-state index in [1.165, 1.54) is 11.3 Å². The van der Waals surface area contributed by atoms with Gasteiger partial charge in [0.15, 0.2) is 4.34 Å². The molecule has 0 N–H and O–H groups in total. The van der Waals surface area contributed by atoms with Crippen molar-refractivity contribution in [1.82, 2.24) is 10.2 Å². The molecular formula is C8H10BrN3OS2. The number of thioether (sulfide) groups is 1. The number of hydrogen-bond acceptors (Lipinski definition) is 5. The van der Waals surface area contributed by atoms with E-state index in [4.69, 9.17) is 0 Å². The Morgan fingerprint density at radius 1 is 1.67 bits per heavy atom. The first-order chi connectivity index (χ1) is 7.20. The van der Waals surface area contributed by atoms with Crippen LogP contribution in [0.3, 0.4) is 0 Å². The van der Waals surface area contributed by atoms with Crippen molar-refractivity contribution in [3.8, 4) is 0 Å². The van der Waals surface area contributed by atoms with Crippen molar-refractivity contribution in [2.45, 2.75) is 22.5 Å². The Morgan fingerprint density at radius 2 is 2.47 bits per heavy atom. The minimum atomic E-state index is 0.126. The van der Waals surface area contributed by atoms with Gasteiger partial charge in [-0.05, 0) is 5.75 Å². The zero-order valence-corrected chi connectivity index (χ0v) is 11.4. The van der Waals surface area contributed by atoms with Crippen LogP contribution in [-0.2, 0) is 4.79 Å². The van der Waals surface area contributed by atoms with E-state index in [1.807, 2.05) is 0 Å². The van der Waals surface area contributed by atoms with Crippen LogP contribution < -0.4 is 4.90 Å². The Bertz CT molecular complexity index is 371. The van der Waals surface area contributed by atoms with Gasteiger partial charge in [-0.15, -0.1) is 10.2 Å². The van der Waals surface area contributed by atoms with Crippen molar-refractivity contribution in [3.05, 3.63) is 0 Å². The highest BCUT2D eigenvalue weighted by Crippen LogP contribution is 2.31. The molecule has 15 heavy (non-hydrogen) atoms. The highest BCUT2D eigenvalue weighted by atomic mass is 79.9. The smallest absolute Gasteiger partial charge is 0.230 e. The maximum atomic E-state index is 11.6. The fourth-order valence-electron chi connectivity index (χ4n) is 1.34. The summed E-state index contributed by atoms with van der Waals surface area (Å²) in [5, 5.41) is 8.79. The number of aromatic nitrogens is 2. The van der Waals surface area contributed by atoms with E-state index in [0.29, 0.717) is 13.0 Å². The first-order valence-electron chi connectivity index (χ1n) is 4.61. The summed E-state index contributed by atoms with van der Waals surface area (Å²) in [5.41, 5.74) is 0. The minimum absolute atomic E-state index is 0.126. The maximum absolute atomic E-state index is 11.6. The third-order valence-electron chi connectivity index (χ3n) is 1.97. The number of rotatable bonds is 3. The lowest BCUT2D eigenvalue weighted by Gasteiger charge is -2.09. The molecule has 0 saturated carbocycles. The van der Waals surface area contributed by atoms with Crippen molar-refractivity contribution < 1.29 is 4.79 Å². The molecule has 1 unspecified atom stereocenters. The largest absolute Gasteiger partial charge is 0.285 e. The topological polar surface area (TPSA) is 46.1 Å². The third-order valence-corrected chi connectivity index (χ3v) is 4.55. The molecule has 1 aliphatic rings. The lowest BCUT2D eigenvalue weighted by molar-refractivity contribution is -0.117. The molecular weight excluding hydrogens is 298 g/mol. The highest BCUT2D eigenvalue weighted by molar-refractivity contribution is 9.09. The van der Waals surface area contributed by atoms with Gasteiger partial charge in [-0.3, -0.25) is 9.69 Å². The van der Waals surface area contributed by atoms with Crippen LogP contribution in [0.5, 0.6) is 0 Å². The SMILES string of the molecule is CCSc1nnc(N2CC(Br)CC2=O)s1. The second-order valence-electron chi connectivity index (χ2n) is 3.09. The normalized spacial score (nSPS) is 21.3. The van der Waals surface area contributed by atoms with Gasteiger partial charge in [-0.1, -0.05) is 46.0 Å². The van der Waals surface area contributed by atoms with Crippen molar-refractivity contribution in [2.75, 3.05) is 17.2 Å².